The number of rotatable bonds is 5. The van der Waals surface area contributed by atoms with Crippen molar-refractivity contribution in [1.29, 1.82) is 0 Å². The normalized spacial score (nSPS) is 10.7. The van der Waals surface area contributed by atoms with Gasteiger partial charge in [0.15, 0.2) is 0 Å². The van der Waals surface area contributed by atoms with E-state index in [4.69, 9.17) is 4.74 Å². The van der Waals surface area contributed by atoms with E-state index in [-0.39, 0.29) is 12.4 Å². The van der Waals surface area contributed by atoms with Gasteiger partial charge in [0, 0.05) is 17.1 Å². The van der Waals surface area contributed by atoms with Crippen LogP contribution in [0.1, 0.15) is 30.8 Å². The van der Waals surface area contributed by atoms with Gasteiger partial charge in [-0.15, -0.1) is 11.3 Å². The molecule has 2 aromatic rings. The number of carbonyl (C=O) groups excluding carboxylic acids is 1. The van der Waals surface area contributed by atoms with Crippen LogP contribution in [0.3, 0.4) is 0 Å². The second-order valence-electron chi connectivity index (χ2n) is 4.06. The van der Waals surface area contributed by atoms with Crippen LogP contribution in [-0.4, -0.2) is 27.8 Å². The van der Waals surface area contributed by atoms with E-state index in [1.807, 2.05) is 17.0 Å². The summed E-state index contributed by atoms with van der Waals surface area (Å²) in [6.07, 6.45) is 3.62. The Balaban J connectivity index is 2.49. The van der Waals surface area contributed by atoms with E-state index in [0.29, 0.717) is 0 Å². The number of nitrogens with zero attached hydrogens (tertiary/aromatic N) is 3. The topological polar surface area (TPSA) is 57.0 Å². The zero-order valence-corrected chi connectivity index (χ0v) is 12.2. The Kier molecular flexibility index (Phi) is 4.31. The predicted octanol–water partition coefficient (Wildman–Crippen LogP) is 2.17. The fourth-order valence-electron chi connectivity index (χ4n) is 2.08. The maximum Gasteiger partial charge on any atom is 0.310 e. The molecule has 2 heterocycles. The van der Waals surface area contributed by atoms with Crippen molar-refractivity contribution in [3.05, 3.63) is 28.5 Å². The van der Waals surface area contributed by atoms with Crippen molar-refractivity contribution >= 4 is 17.3 Å². The molecule has 19 heavy (non-hydrogen) atoms. The number of carbonyl (C=O) groups is 1. The molecule has 0 aromatic carbocycles. The van der Waals surface area contributed by atoms with Gasteiger partial charge in [0.05, 0.1) is 24.9 Å². The molecule has 5 nitrogen and oxygen atoms in total. The second-order valence-corrected chi connectivity index (χ2v) is 4.93. The zero-order chi connectivity index (χ0) is 13.8. The van der Waals surface area contributed by atoms with E-state index in [9.17, 15) is 4.79 Å². The van der Waals surface area contributed by atoms with Crippen LogP contribution < -0.4 is 0 Å². The molecule has 0 aliphatic heterocycles. The molecule has 2 rings (SSSR count). The molecular formula is C13H17N3O2S. The molecule has 0 amide bonds. The van der Waals surface area contributed by atoms with Crippen molar-refractivity contribution in [3.8, 4) is 5.13 Å². The summed E-state index contributed by atoms with van der Waals surface area (Å²) in [5, 5.41) is 7.34. The summed E-state index contributed by atoms with van der Waals surface area (Å²) in [5.41, 5.74) is 2.96. The minimum absolute atomic E-state index is 0.233. The van der Waals surface area contributed by atoms with Crippen molar-refractivity contribution in [2.24, 2.45) is 0 Å². The third-order valence-corrected chi connectivity index (χ3v) is 3.74. The predicted molar refractivity (Wildman–Crippen MR) is 73.7 cm³/mol. The molecule has 0 unspecified atom stereocenters. The summed E-state index contributed by atoms with van der Waals surface area (Å²) in [7, 11) is 1.41. The van der Waals surface area contributed by atoms with E-state index in [1.165, 1.54) is 18.4 Å². The molecule has 0 saturated carbocycles. The largest absolute Gasteiger partial charge is 0.469 e. The van der Waals surface area contributed by atoms with Gasteiger partial charge in [-0.3, -0.25) is 4.79 Å². The third-order valence-electron chi connectivity index (χ3n) is 2.99. The van der Waals surface area contributed by atoms with E-state index in [2.05, 4.69) is 17.0 Å². The molecule has 2 aromatic heterocycles. The number of hydrogen-bond donors (Lipinski definition) is 0. The van der Waals surface area contributed by atoms with E-state index < -0.39 is 0 Å². The van der Waals surface area contributed by atoms with Crippen molar-refractivity contribution in [1.82, 2.24) is 14.8 Å². The number of aryl methyl sites for hydroxylation is 1. The first-order valence-electron chi connectivity index (χ1n) is 6.27. The smallest absolute Gasteiger partial charge is 0.310 e. The fraction of sp³-hybridized carbons (Fsp3) is 0.462. The summed E-state index contributed by atoms with van der Waals surface area (Å²) >= 11 is 1.54. The number of ether oxygens (including phenoxy) is 1. The summed E-state index contributed by atoms with van der Waals surface area (Å²) < 4.78 is 6.61. The minimum Gasteiger partial charge on any atom is -0.469 e. The first kappa shape index (κ1) is 13.7. The SMILES string of the molecule is CCc1nn(-c2nccs2)c(CC)c1CC(=O)OC. The standard InChI is InChI=1S/C13H17N3O2S/c1-4-10-9(8-12(17)18-3)11(5-2)16(15-10)13-14-6-7-19-13/h6-7H,4-5,8H2,1-3H3. The number of thiazole rings is 1. The molecule has 102 valence electrons. The lowest BCUT2D eigenvalue weighted by atomic mass is 10.1. The van der Waals surface area contributed by atoms with Crippen molar-refractivity contribution in [2.75, 3.05) is 7.11 Å². The maximum atomic E-state index is 11.5. The molecule has 0 bridgehead atoms. The Hall–Kier alpha value is -1.69. The summed E-state index contributed by atoms with van der Waals surface area (Å²) in [6.45, 7) is 4.09. The van der Waals surface area contributed by atoms with Gasteiger partial charge < -0.3 is 4.74 Å². The number of esters is 1. The Morgan fingerprint density at radius 2 is 2.21 bits per heavy atom. The first-order valence-corrected chi connectivity index (χ1v) is 7.15. The second kappa shape index (κ2) is 5.97. The van der Waals surface area contributed by atoms with Gasteiger partial charge in [-0.25, -0.2) is 9.67 Å². The summed E-state index contributed by atoms with van der Waals surface area (Å²) in [5.74, 6) is -0.233. The number of aromatic nitrogens is 3. The minimum atomic E-state index is -0.233. The average molecular weight is 279 g/mol. The van der Waals surface area contributed by atoms with Crippen LogP contribution in [0.15, 0.2) is 11.6 Å². The monoisotopic (exact) mass is 279 g/mol. The lowest BCUT2D eigenvalue weighted by molar-refractivity contribution is -0.139. The molecule has 0 aliphatic carbocycles. The van der Waals surface area contributed by atoms with Crippen molar-refractivity contribution in [2.45, 2.75) is 33.1 Å². The van der Waals surface area contributed by atoms with Crippen LogP contribution in [0.25, 0.3) is 5.13 Å². The van der Waals surface area contributed by atoms with Crippen LogP contribution in [0.5, 0.6) is 0 Å². The maximum absolute atomic E-state index is 11.5. The van der Waals surface area contributed by atoms with Crippen molar-refractivity contribution < 1.29 is 9.53 Å². The van der Waals surface area contributed by atoms with Crippen molar-refractivity contribution in [3.63, 3.8) is 0 Å². The van der Waals surface area contributed by atoms with Gasteiger partial charge in [-0.1, -0.05) is 13.8 Å². The molecule has 6 heteroatoms. The molecule has 0 aliphatic rings. The first-order chi connectivity index (χ1) is 9.21. The molecular weight excluding hydrogens is 262 g/mol. The van der Waals surface area contributed by atoms with Gasteiger partial charge >= 0.3 is 5.97 Å². The van der Waals surface area contributed by atoms with Gasteiger partial charge in [0.2, 0.25) is 5.13 Å². The summed E-state index contributed by atoms with van der Waals surface area (Å²) in [4.78, 5) is 15.8. The lowest BCUT2D eigenvalue weighted by Crippen LogP contribution is -2.08. The van der Waals surface area contributed by atoms with Crippen LogP contribution >= 0.6 is 11.3 Å². The highest BCUT2D eigenvalue weighted by Crippen LogP contribution is 2.22. The lowest BCUT2D eigenvalue weighted by Gasteiger charge is -2.04. The molecule has 0 saturated heterocycles. The van der Waals surface area contributed by atoms with Crippen LogP contribution in [-0.2, 0) is 28.8 Å². The van der Waals surface area contributed by atoms with Crippen LogP contribution in [0, 0.1) is 0 Å². The van der Waals surface area contributed by atoms with Gasteiger partial charge in [0.1, 0.15) is 0 Å². The number of methoxy groups -OCH3 is 1. The molecule has 0 radical (unpaired) electrons. The van der Waals surface area contributed by atoms with E-state index in [1.54, 1.807) is 6.20 Å². The highest BCUT2D eigenvalue weighted by atomic mass is 32.1. The van der Waals surface area contributed by atoms with Gasteiger partial charge in [0.25, 0.3) is 0 Å². The van der Waals surface area contributed by atoms with Crippen LogP contribution in [0.4, 0.5) is 0 Å². The highest BCUT2D eigenvalue weighted by molar-refractivity contribution is 7.12. The number of hydrogen-bond acceptors (Lipinski definition) is 5. The highest BCUT2D eigenvalue weighted by Gasteiger charge is 2.20. The zero-order valence-electron chi connectivity index (χ0n) is 11.3. The molecule has 0 N–H and O–H groups in total. The third kappa shape index (κ3) is 2.68. The quantitative estimate of drug-likeness (QED) is 0.787. The Labute approximate surface area is 116 Å². The van der Waals surface area contributed by atoms with Gasteiger partial charge in [-0.05, 0) is 12.8 Å². The van der Waals surface area contributed by atoms with Gasteiger partial charge in [-0.2, -0.15) is 5.10 Å². The van der Waals surface area contributed by atoms with E-state index in [0.717, 1.165) is 34.9 Å². The molecule has 0 fully saturated rings. The average Bonchev–Trinajstić information content (AvgIpc) is 3.05. The Bertz CT molecular complexity index is 561. The van der Waals surface area contributed by atoms with Crippen LogP contribution in [0.2, 0.25) is 0 Å². The molecule has 0 atom stereocenters. The Morgan fingerprint density at radius 3 is 2.74 bits per heavy atom. The fourth-order valence-corrected chi connectivity index (χ4v) is 2.70. The molecule has 0 spiro atoms. The summed E-state index contributed by atoms with van der Waals surface area (Å²) in [6, 6.07) is 0. The van der Waals surface area contributed by atoms with E-state index >= 15 is 0 Å². The Morgan fingerprint density at radius 1 is 1.42 bits per heavy atom.